The van der Waals surface area contributed by atoms with Crippen LogP contribution in [-0.2, 0) is 26.7 Å². The molecule has 1 aromatic heterocycles. The van der Waals surface area contributed by atoms with Crippen molar-refractivity contribution in [3.05, 3.63) is 65.4 Å². The number of benzene rings is 2. The molecular weight excluding hydrogens is 438 g/mol. The van der Waals surface area contributed by atoms with Gasteiger partial charge in [-0.1, -0.05) is 25.1 Å². The molecule has 4 rings (SSSR count). The predicted octanol–water partition coefficient (Wildman–Crippen LogP) is 4.24. The van der Waals surface area contributed by atoms with Crippen LogP contribution < -0.4 is 9.46 Å². The second kappa shape index (κ2) is 8.12. The van der Waals surface area contributed by atoms with Crippen LogP contribution in [0.1, 0.15) is 36.6 Å². The number of amides is 1. The minimum absolute atomic E-state index is 0.0713. The van der Waals surface area contributed by atoms with E-state index in [4.69, 9.17) is 0 Å². The molecule has 1 aliphatic rings. The molecule has 1 amide bonds. The number of carbonyl (C=O) groups is 1. The molecule has 9 heteroatoms. The lowest BCUT2D eigenvalue weighted by Gasteiger charge is -2.20. The molecule has 0 saturated heterocycles. The number of fused-ring (bicyclic) bond motifs is 1. The van der Waals surface area contributed by atoms with Crippen molar-refractivity contribution in [1.29, 1.82) is 0 Å². The van der Waals surface area contributed by atoms with Crippen LogP contribution in [0.4, 0.5) is 8.78 Å². The Morgan fingerprint density at radius 3 is 2.59 bits per heavy atom. The summed E-state index contributed by atoms with van der Waals surface area (Å²) in [5.74, 6) is -0.881. The van der Waals surface area contributed by atoms with Gasteiger partial charge in [-0.05, 0) is 62.1 Å². The van der Waals surface area contributed by atoms with Gasteiger partial charge < -0.3 is 4.74 Å². The van der Waals surface area contributed by atoms with E-state index in [1.807, 2.05) is 6.92 Å². The van der Waals surface area contributed by atoms with Crippen molar-refractivity contribution in [2.45, 2.75) is 50.0 Å². The highest BCUT2D eigenvalue weighted by Crippen LogP contribution is 2.52. The van der Waals surface area contributed by atoms with Crippen molar-refractivity contribution < 1.29 is 26.7 Å². The molecule has 168 valence electrons. The number of carbonyl (C=O) groups excluding carboxylic acids is 1. The Morgan fingerprint density at radius 1 is 1.19 bits per heavy atom. The Kier molecular flexibility index (Phi) is 5.62. The van der Waals surface area contributed by atoms with Gasteiger partial charge in [0.15, 0.2) is 0 Å². The Bertz CT molecular complexity index is 1300. The molecule has 6 nitrogen and oxygen atoms in total. The van der Waals surface area contributed by atoms with Crippen molar-refractivity contribution >= 4 is 26.8 Å². The second-order valence-corrected chi connectivity index (χ2v) is 9.51. The number of hydrogen-bond acceptors (Lipinski definition) is 5. The van der Waals surface area contributed by atoms with Crippen molar-refractivity contribution in [2.75, 3.05) is 0 Å². The lowest BCUT2D eigenvalue weighted by Crippen LogP contribution is -2.39. The number of ether oxygens (including phenoxy) is 1. The van der Waals surface area contributed by atoms with E-state index in [0.29, 0.717) is 30.2 Å². The standard InChI is InChI=1S/C23H22F2N2O4S/c1-3-15-8-10-19(31-22(24)25)17(13-15)23(11-12-23)21(28)27-32(29,30)20-6-4-5-18-16(20)9-7-14(2)26-18/h4-10,13,22H,3,11-12H2,1-2H3,(H,27,28). The SMILES string of the molecule is CCc1ccc(OC(F)F)c(C2(C(=O)NS(=O)(=O)c3cccc4nc(C)ccc34)CC2)c1. The third kappa shape index (κ3) is 4.04. The van der Waals surface area contributed by atoms with Gasteiger partial charge in [0, 0.05) is 16.6 Å². The number of halogens is 2. The highest BCUT2D eigenvalue weighted by Gasteiger charge is 2.54. The average molecular weight is 461 g/mol. The van der Waals surface area contributed by atoms with Crippen molar-refractivity contribution in [2.24, 2.45) is 0 Å². The number of alkyl halides is 2. The van der Waals surface area contributed by atoms with Gasteiger partial charge in [-0.25, -0.2) is 13.1 Å². The maximum Gasteiger partial charge on any atom is 0.387 e. The summed E-state index contributed by atoms with van der Waals surface area (Å²) in [6, 6.07) is 12.7. The maximum absolute atomic E-state index is 13.2. The number of hydrogen-bond donors (Lipinski definition) is 1. The van der Waals surface area contributed by atoms with Gasteiger partial charge in [-0.15, -0.1) is 0 Å². The van der Waals surface area contributed by atoms with Crippen LogP contribution in [0.5, 0.6) is 5.75 Å². The van der Waals surface area contributed by atoms with Gasteiger partial charge in [0.25, 0.3) is 10.0 Å². The molecule has 1 fully saturated rings. The molecule has 0 unspecified atom stereocenters. The van der Waals surface area contributed by atoms with E-state index >= 15 is 0 Å². The highest BCUT2D eigenvalue weighted by atomic mass is 32.2. The first-order chi connectivity index (χ1) is 15.2. The Labute approximate surface area is 184 Å². The number of pyridine rings is 1. The summed E-state index contributed by atoms with van der Waals surface area (Å²) >= 11 is 0. The van der Waals surface area contributed by atoms with Crippen LogP contribution in [0.2, 0.25) is 0 Å². The molecular formula is C23H22F2N2O4S. The van der Waals surface area contributed by atoms with E-state index in [1.165, 1.54) is 12.1 Å². The van der Waals surface area contributed by atoms with Gasteiger partial charge >= 0.3 is 6.61 Å². The fourth-order valence-corrected chi connectivity index (χ4v) is 5.12. The molecule has 0 atom stereocenters. The first-order valence-corrected chi connectivity index (χ1v) is 11.7. The molecule has 2 aromatic carbocycles. The van der Waals surface area contributed by atoms with E-state index in [2.05, 4.69) is 14.4 Å². The monoisotopic (exact) mass is 460 g/mol. The topological polar surface area (TPSA) is 85.4 Å². The predicted molar refractivity (Wildman–Crippen MR) is 115 cm³/mol. The van der Waals surface area contributed by atoms with E-state index in [1.54, 1.807) is 43.3 Å². The first-order valence-electron chi connectivity index (χ1n) is 10.2. The molecule has 0 spiro atoms. The molecule has 0 radical (unpaired) electrons. The second-order valence-electron chi connectivity index (χ2n) is 7.85. The third-order valence-corrected chi connectivity index (χ3v) is 7.11. The van der Waals surface area contributed by atoms with Gasteiger partial charge in [-0.3, -0.25) is 9.78 Å². The molecule has 1 aliphatic carbocycles. The van der Waals surface area contributed by atoms with E-state index in [-0.39, 0.29) is 16.2 Å². The minimum atomic E-state index is -4.23. The number of nitrogens with one attached hydrogen (secondary N) is 1. The average Bonchev–Trinajstić information content (AvgIpc) is 3.54. The number of nitrogens with zero attached hydrogens (tertiary/aromatic N) is 1. The summed E-state index contributed by atoms with van der Waals surface area (Å²) in [5, 5.41) is 0.387. The lowest BCUT2D eigenvalue weighted by molar-refractivity contribution is -0.122. The van der Waals surface area contributed by atoms with Crippen LogP contribution in [0.15, 0.2) is 53.4 Å². The number of rotatable bonds is 7. The smallest absolute Gasteiger partial charge is 0.387 e. The summed E-state index contributed by atoms with van der Waals surface area (Å²) in [5.41, 5.74) is 1.10. The fraction of sp³-hybridized carbons (Fsp3) is 0.304. The summed E-state index contributed by atoms with van der Waals surface area (Å²) < 4.78 is 58.9. The number of aryl methyl sites for hydroxylation is 2. The molecule has 1 heterocycles. The molecule has 32 heavy (non-hydrogen) atoms. The minimum Gasteiger partial charge on any atom is -0.435 e. The lowest BCUT2D eigenvalue weighted by atomic mass is 9.92. The number of aromatic nitrogens is 1. The van der Waals surface area contributed by atoms with Crippen molar-refractivity contribution in [3.63, 3.8) is 0 Å². The summed E-state index contributed by atoms with van der Waals surface area (Å²) in [4.78, 5) is 17.5. The van der Waals surface area contributed by atoms with Gasteiger partial charge in [-0.2, -0.15) is 8.78 Å². The molecule has 3 aromatic rings. The summed E-state index contributed by atoms with van der Waals surface area (Å²) in [6.07, 6.45) is 1.29. The fourth-order valence-electron chi connectivity index (χ4n) is 3.85. The quantitative estimate of drug-likeness (QED) is 0.570. The molecule has 1 saturated carbocycles. The first kappa shape index (κ1) is 22.1. The molecule has 0 aliphatic heterocycles. The summed E-state index contributed by atoms with van der Waals surface area (Å²) in [7, 11) is -4.23. The van der Waals surface area contributed by atoms with Crippen LogP contribution in [-0.4, -0.2) is 25.9 Å². The van der Waals surface area contributed by atoms with Gasteiger partial charge in [0.05, 0.1) is 15.8 Å². The van der Waals surface area contributed by atoms with E-state index in [9.17, 15) is 22.0 Å². The van der Waals surface area contributed by atoms with Crippen LogP contribution in [0.3, 0.4) is 0 Å². The van der Waals surface area contributed by atoms with E-state index in [0.717, 1.165) is 11.3 Å². The largest absolute Gasteiger partial charge is 0.435 e. The molecule has 0 bridgehead atoms. The van der Waals surface area contributed by atoms with Crippen LogP contribution >= 0.6 is 0 Å². The van der Waals surface area contributed by atoms with Crippen LogP contribution in [0.25, 0.3) is 10.9 Å². The van der Waals surface area contributed by atoms with E-state index < -0.39 is 28.0 Å². The van der Waals surface area contributed by atoms with Gasteiger partial charge in [0.1, 0.15) is 5.75 Å². The Balaban J connectivity index is 1.70. The zero-order valence-electron chi connectivity index (χ0n) is 17.6. The summed E-state index contributed by atoms with van der Waals surface area (Å²) in [6.45, 7) is 0.631. The third-order valence-electron chi connectivity index (χ3n) is 5.72. The number of sulfonamides is 1. The molecule has 1 N–H and O–H groups in total. The zero-order valence-corrected chi connectivity index (χ0v) is 18.4. The van der Waals surface area contributed by atoms with Crippen LogP contribution in [0, 0.1) is 6.92 Å². The normalized spacial score (nSPS) is 15.0. The van der Waals surface area contributed by atoms with Crippen molar-refractivity contribution in [1.82, 2.24) is 9.71 Å². The Morgan fingerprint density at radius 2 is 1.94 bits per heavy atom. The van der Waals surface area contributed by atoms with Gasteiger partial charge in [0.2, 0.25) is 5.91 Å². The zero-order chi connectivity index (χ0) is 23.1. The Hall–Kier alpha value is -3.07. The highest BCUT2D eigenvalue weighted by molar-refractivity contribution is 7.90. The maximum atomic E-state index is 13.2. The van der Waals surface area contributed by atoms with Crippen molar-refractivity contribution in [3.8, 4) is 5.75 Å².